The summed E-state index contributed by atoms with van der Waals surface area (Å²) in [6.07, 6.45) is 5.40. The first-order valence-corrected chi connectivity index (χ1v) is 10.2. The Kier molecular flexibility index (Phi) is 8.66. The molecular formula is C23H39NO2. The van der Waals surface area contributed by atoms with Gasteiger partial charge in [0.2, 0.25) is 5.91 Å². The second-order valence-corrected chi connectivity index (χ2v) is 9.05. The summed E-state index contributed by atoms with van der Waals surface area (Å²) in [5.41, 5.74) is 2.95. The fourth-order valence-corrected chi connectivity index (χ4v) is 3.26. The lowest BCUT2D eigenvalue weighted by molar-refractivity contribution is -0.121. The van der Waals surface area contributed by atoms with Gasteiger partial charge >= 0.3 is 0 Å². The Labute approximate surface area is 160 Å². The van der Waals surface area contributed by atoms with Crippen molar-refractivity contribution in [1.29, 1.82) is 0 Å². The third kappa shape index (κ3) is 7.39. The lowest BCUT2D eigenvalue weighted by Gasteiger charge is -2.23. The van der Waals surface area contributed by atoms with E-state index in [1.165, 1.54) is 6.42 Å². The van der Waals surface area contributed by atoms with Gasteiger partial charge in [-0.05, 0) is 54.2 Å². The van der Waals surface area contributed by atoms with Crippen molar-refractivity contribution >= 4 is 5.91 Å². The van der Waals surface area contributed by atoms with Gasteiger partial charge in [-0.3, -0.25) is 4.79 Å². The van der Waals surface area contributed by atoms with Crippen molar-refractivity contribution in [1.82, 2.24) is 5.32 Å². The van der Waals surface area contributed by atoms with Crippen LogP contribution in [0, 0.1) is 5.92 Å². The van der Waals surface area contributed by atoms with Gasteiger partial charge in [0.05, 0.1) is 0 Å². The third-order valence-corrected chi connectivity index (χ3v) is 4.90. The van der Waals surface area contributed by atoms with Gasteiger partial charge in [0.15, 0.2) is 0 Å². The van der Waals surface area contributed by atoms with Gasteiger partial charge in [-0.15, -0.1) is 0 Å². The van der Waals surface area contributed by atoms with Crippen molar-refractivity contribution in [2.75, 3.05) is 0 Å². The van der Waals surface area contributed by atoms with E-state index in [4.69, 9.17) is 0 Å². The maximum atomic E-state index is 12.3. The van der Waals surface area contributed by atoms with E-state index in [2.05, 4.69) is 59.8 Å². The van der Waals surface area contributed by atoms with Gasteiger partial charge in [0.25, 0.3) is 0 Å². The van der Waals surface area contributed by atoms with Crippen LogP contribution in [0.25, 0.3) is 0 Å². The Balaban J connectivity index is 2.65. The van der Waals surface area contributed by atoms with E-state index in [0.29, 0.717) is 18.6 Å². The largest absolute Gasteiger partial charge is 0.507 e. The molecule has 0 heterocycles. The topological polar surface area (TPSA) is 49.3 Å². The summed E-state index contributed by atoms with van der Waals surface area (Å²) in [6.45, 7) is 14.9. The molecule has 0 saturated carbocycles. The number of carbonyl (C=O) groups is 1. The van der Waals surface area contributed by atoms with Crippen LogP contribution in [0.5, 0.6) is 5.75 Å². The number of nitrogens with one attached hydrogen (secondary N) is 1. The van der Waals surface area contributed by atoms with E-state index >= 15 is 0 Å². The number of aromatic hydroxyl groups is 1. The Morgan fingerprint density at radius 1 is 1.15 bits per heavy atom. The lowest BCUT2D eigenvalue weighted by atomic mass is 9.83. The highest BCUT2D eigenvalue weighted by atomic mass is 16.3. The highest BCUT2D eigenvalue weighted by Crippen LogP contribution is 2.35. The molecule has 1 unspecified atom stereocenters. The van der Waals surface area contributed by atoms with Crippen LogP contribution in [0.4, 0.5) is 0 Å². The zero-order chi connectivity index (χ0) is 19.9. The van der Waals surface area contributed by atoms with Crippen molar-refractivity contribution in [3.8, 4) is 5.75 Å². The van der Waals surface area contributed by atoms with Crippen molar-refractivity contribution in [2.24, 2.45) is 5.92 Å². The van der Waals surface area contributed by atoms with Gasteiger partial charge in [0.1, 0.15) is 5.75 Å². The number of phenols is 1. The molecule has 0 bridgehead atoms. The highest BCUT2D eigenvalue weighted by Gasteiger charge is 2.21. The van der Waals surface area contributed by atoms with E-state index in [9.17, 15) is 9.90 Å². The Bertz CT molecular complexity index is 585. The average Bonchev–Trinajstić information content (AvgIpc) is 2.52. The van der Waals surface area contributed by atoms with Gasteiger partial charge < -0.3 is 10.4 Å². The molecule has 1 aromatic rings. The van der Waals surface area contributed by atoms with Crippen LogP contribution in [0.2, 0.25) is 0 Å². The molecule has 0 aliphatic heterocycles. The van der Waals surface area contributed by atoms with Crippen molar-refractivity contribution in [3.05, 3.63) is 28.8 Å². The Morgan fingerprint density at radius 3 is 2.35 bits per heavy atom. The van der Waals surface area contributed by atoms with Gasteiger partial charge in [-0.1, -0.05) is 66.5 Å². The Morgan fingerprint density at radius 2 is 1.81 bits per heavy atom. The molecule has 0 aliphatic rings. The number of benzene rings is 1. The molecular weight excluding hydrogens is 322 g/mol. The molecule has 0 spiro atoms. The summed E-state index contributed by atoms with van der Waals surface area (Å²) in [7, 11) is 0. The summed E-state index contributed by atoms with van der Waals surface area (Å²) in [5, 5.41) is 13.6. The molecule has 1 atom stereocenters. The predicted molar refractivity (Wildman–Crippen MR) is 111 cm³/mol. The lowest BCUT2D eigenvalue weighted by Crippen LogP contribution is -2.32. The van der Waals surface area contributed by atoms with Gasteiger partial charge in [0, 0.05) is 12.5 Å². The van der Waals surface area contributed by atoms with Crippen molar-refractivity contribution in [3.63, 3.8) is 0 Å². The zero-order valence-electron chi connectivity index (χ0n) is 17.9. The van der Waals surface area contributed by atoms with E-state index in [-0.39, 0.29) is 17.4 Å². The van der Waals surface area contributed by atoms with E-state index < -0.39 is 0 Å². The molecule has 0 aromatic heterocycles. The summed E-state index contributed by atoms with van der Waals surface area (Å²) >= 11 is 0. The molecule has 3 heteroatoms. The van der Waals surface area contributed by atoms with E-state index in [0.717, 1.165) is 41.9 Å². The van der Waals surface area contributed by atoms with Crippen LogP contribution in [-0.4, -0.2) is 17.1 Å². The maximum Gasteiger partial charge on any atom is 0.220 e. The van der Waals surface area contributed by atoms with Crippen LogP contribution in [0.1, 0.15) is 90.8 Å². The average molecular weight is 362 g/mol. The normalized spacial score (nSPS) is 13.1. The minimum absolute atomic E-state index is 0.114. The smallest absolute Gasteiger partial charge is 0.220 e. The first kappa shape index (κ1) is 22.5. The number of carbonyl (C=O) groups excluding carboxylic acids is 1. The van der Waals surface area contributed by atoms with Crippen LogP contribution < -0.4 is 5.32 Å². The van der Waals surface area contributed by atoms with E-state index in [1.807, 2.05) is 6.07 Å². The number of rotatable bonds is 9. The highest BCUT2D eigenvalue weighted by molar-refractivity contribution is 5.76. The fraction of sp³-hybridized carbons (Fsp3) is 0.696. The van der Waals surface area contributed by atoms with E-state index in [1.54, 1.807) is 0 Å². The molecule has 2 N–H and O–H groups in total. The molecule has 0 radical (unpaired) electrons. The maximum absolute atomic E-state index is 12.3. The second kappa shape index (κ2) is 9.99. The molecule has 1 amide bonds. The SMILES string of the molecule is CCc1cc(CCC(=O)NC(C)CCCC(C)C)cc(C(C)(C)C)c1O. The van der Waals surface area contributed by atoms with Crippen LogP contribution in [-0.2, 0) is 23.1 Å². The molecule has 0 aliphatic carbocycles. The minimum Gasteiger partial charge on any atom is -0.507 e. The molecule has 3 nitrogen and oxygen atoms in total. The van der Waals surface area contributed by atoms with Crippen molar-refractivity contribution < 1.29 is 9.90 Å². The predicted octanol–water partition coefficient (Wildman–Crippen LogP) is 5.52. The molecule has 1 aromatic carbocycles. The number of hydrogen-bond acceptors (Lipinski definition) is 2. The summed E-state index contributed by atoms with van der Waals surface area (Å²) < 4.78 is 0. The summed E-state index contributed by atoms with van der Waals surface area (Å²) in [4.78, 5) is 12.3. The first-order valence-electron chi connectivity index (χ1n) is 10.2. The molecule has 0 saturated heterocycles. The quantitative estimate of drug-likeness (QED) is 0.609. The second-order valence-electron chi connectivity index (χ2n) is 9.05. The zero-order valence-corrected chi connectivity index (χ0v) is 17.9. The third-order valence-electron chi connectivity index (χ3n) is 4.90. The molecule has 148 valence electrons. The first-order chi connectivity index (χ1) is 12.0. The van der Waals surface area contributed by atoms with Crippen molar-refractivity contribution in [2.45, 2.75) is 98.4 Å². The van der Waals surface area contributed by atoms with Gasteiger partial charge in [-0.25, -0.2) is 0 Å². The number of aryl methyl sites for hydroxylation is 2. The number of hydrogen-bond donors (Lipinski definition) is 2. The Hall–Kier alpha value is -1.51. The van der Waals surface area contributed by atoms with Crippen LogP contribution >= 0.6 is 0 Å². The number of phenolic OH excluding ortho intramolecular Hbond substituents is 1. The van der Waals surface area contributed by atoms with Crippen LogP contribution in [0.15, 0.2) is 12.1 Å². The van der Waals surface area contributed by atoms with Crippen LogP contribution in [0.3, 0.4) is 0 Å². The summed E-state index contributed by atoms with van der Waals surface area (Å²) in [6, 6.07) is 4.34. The standard InChI is InChI=1S/C23H39NO2/c1-8-19-14-18(15-20(22(19)26)23(5,6)7)12-13-21(25)24-17(4)11-9-10-16(2)3/h14-17,26H,8-13H2,1-7H3,(H,24,25). The number of amides is 1. The fourth-order valence-electron chi connectivity index (χ4n) is 3.26. The molecule has 1 rings (SSSR count). The minimum atomic E-state index is -0.114. The molecule has 0 fully saturated rings. The molecule has 26 heavy (non-hydrogen) atoms. The summed E-state index contributed by atoms with van der Waals surface area (Å²) in [5.74, 6) is 1.25. The van der Waals surface area contributed by atoms with Gasteiger partial charge in [-0.2, -0.15) is 0 Å². The monoisotopic (exact) mass is 361 g/mol.